The average Bonchev–Trinajstić information content (AvgIpc) is 3.64. The van der Waals surface area contributed by atoms with Gasteiger partial charge in [-0.2, -0.15) is 0 Å². The Balaban J connectivity index is 1.23. The molecule has 1 aromatic heterocycles. The van der Waals surface area contributed by atoms with Crippen LogP contribution < -0.4 is 15.1 Å². The van der Waals surface area contributed by atoms with Crippen LogP contribution >= 0.6 is 11.8 Å². The Kier molecular flexibility index (Phi) is 7.59. The second-order valence-corrected chi connectivity index (χ2v) is 10.9. The summed E-state index contributed by atoms with van der Waals surface area (Å²) in [4.78, 5) is 17.7. The van der Waals surface area contributed by atoms with Gasteiger partial charge in [0, 0.05) is 44.2 Å². The van der Waals surface area contributed by atoms with E-state index in [-0.39, 0.29) is 17.3 Å². The van der Waals surface area contributed by atoms with Crippen LogP contribution in [-0.4, -0.2) is 64.8 Å². The number of ether oxygens (including phenoxy) is 1. The summed E-state index contributed by atoms with van der Waals surface area (Å²) in [6, 6.07) is 8.23. The van der Waals surface area contributed by atoms with Crippen LogP contribution in [0.15, 0.2) is 29.4 Å². The van der Waals surface area contributed by atoms with Gasteiger partial charge in [-0.3, -0.25) is 9.36 Å². The third-order valence-electron chi connectivity index (χ3n) is 7.00. The standard InChI is InChI=1S/C25H36N6O2S/c1-19(23(32)26-20-9-11-21(12-10-20)29-13-3-2-4-14-29)34-25-28-27-24(30-15-5-6-16-30)31(25)18-22-8-7-17-33-22/h9-12,19,22H,2-8,13-18H2,1H3,(H,26,32)/t19-,22-/m0/s1. The first-order valence-corrected chi connectivity index (χ1v) is 13.7. The van der Waals surface area contributed by atoms with Crippen molar-refractivity contribution in [1.29, 1.82) is 0 Å². The van der Waals surface area contributed by atoms with Gasteiger partial charge >= 0.3 is 0 Å². The molecular formula is C25H36N6O2S. The molecule has 34 heavy (non-hydrogen) atoms. The minimum absolute atomic E-state index is 0.0230. The van der Waals surface area contributed by atoms with Gasteiger partial charge in [0.2, 0.25) is 11.9 Å². The maximum absolute atomic E-state index is 13.0. The van der Waals surface area contributed by atoms with Crippen LogP contribution in [0, 0.1) is 0 Å². The molecule has 3 fully saturated rings. The number of thioether (sulfide) groups is 1. The molecule has 3 aliphatic heterocycles. The summed E-state index contributed by atoms with van der Waals surface area (Å²) < 4.78 is 8.07. The molecular weight excluding hydrogens is 448 g/mol. The smallest absolute Gasteiger partial charge is 0.237 e. The van der Waals surface area contributed by atoms with Gasteiger partial charge in [0.1, 0.15) is 0 Å². The molecule has 1 amide bonds. The third kappa shape index (κ3) is 5.51. The molecule has 9 heteroatoms. The van der Waals surface area contributed by atoms with Crippen LogP contribution in [0.4, 0.5) is 17.3 Å². The van der Waals surface area contributed by atoms with E-state index in [0.29, 0.717) is 0 Å². The molecule has 0 unspecified atom stereocenters. The van der Waals surface area contributed by atoms with Gasteiger partial charge in [0.25, 0.3) is 0 Å². The maximum Gasteiger partial charge on any atom is 0.237 e. The second-order valence-electron chi connectivity index (χ2n) is 9.57. The molecule has 2 aromatic rings. The number of rotatable bonds is 8. The highest BCUT2D eigenvalue weighted by Gasteiger charge is 2.27. The lowest BCUT2D eigenvalue weighted by molar-refractivity contribution is -0.115. The van der Waals surface area contributed by atoms with Gasteiger partial charge in [-0.1, -0.05) is 11.8 Å². The number of carbonyl (C=O) groups excluding carboxylic acids is 1. The predicted molar refractivity (Wildman–Crippen MR) is 137 cm³/mol. The number of nitrogens with zero attached hydrogens (tertiary/aromatic N) is 5. The largest absolute Gasteiger partial charge is 0.376 e. The number of benzene rings is 1. The first kappa shape index (κ1) is 23.5. The molecule has 0 radical (unpaired) electrons. The molecule has 1 aromatic carbocycles. The number of piperidine rings is 1. The first-order valence-electron chi connectivity index (χ1n) is 12.8. The number of hydrogen-bond donors (Lipinski definition) is 1. The summed E-state index contributed by atoms with van der Waals surface area (Å²) in [5.41, 5.74) is 2.06. The highest BCUT2D eigenvalue weighted by molar-refractivity contribution is 8.00. The van der Waals surface area contributed by atoms with E-state index in [9.17, 15) is 4.79 Å². The third-order valence-corrected chi connectivity index (χ3v) is 8.08. The van der Waals surface area contributed by atoms with Crippen molar-refractivity contribution in [1.82, 2.24) is 14.8 Å². The average molecular weight is 485 g/mol. The molecule has 0 spiro atoms. The quantitative estimate of drug-likeness (QED) is 0.564. The van der Waals surface area contributed by atoms with Crippen molar-refractivity contribution in [2.45, 2.75) is 74.9 Å². The Bertz CT molecular complexity index is 947. The van der Waals surface area contributed by atoms with Crippen molar-refractivity contribution in [3.05, 3.63) is 24.3 Å². The van der Waals surface area contributed by atoms with E-state index in [1.807, 2.05) is 19.1 Å². The molecule has 3 saturated heterocycles. The van der Waals surface area contributed by atoms with Gasteiger partial charge in [-0.25, -0.2) is 0 Å². The minimum atomic E-state index is -0.291. The molecule has 1 N–H and O–H groups in total. The summed E-state index contributed by atoms with van der Waals surface area (Å²) in [7, 11) is 0. The van der Waals surface area contributed by atoms with Crippen LogP contribution in [0.5, 0.6) is 0 Å². The van der Waals surface area contributed by atoms with E-state index in [2.05, 4.69) is 42.0 Å². The minimum Gasteiger partial charge on any atom is -0.376 e. The molecule has 8 nitrogen and oxygen atoms in total. The van der Waals surface area contributed by atoms with Crippen molar-refractivity contribution in [2.24, 2.45) is 0 Å². The van der Waals surface area contributed by atoms with Crippen molar-refractivity contribution >= 4 is 35.0 Å². The van der Waals surface area contributed by atoms with Crippen molar-refractivity contribution in [3.63, 3.8) is 0 Å². The Hall–Kier alpha value is -2.26. The fourth-order valence-corrected chi connectivity index (χ4v) is 5.89. The van der Waals surface area contributed by atoms with Crippen LogP contribution in [0.25, 0.3) is 0 Å². The highest BCUT2D eigenvalue weighted by atomic mass is 32.2. The zero-order valence-electron chi connectivity index (χ0n) is 20.1. The fourth-order valence-electron chi connectivity index (χ4n) is 5.03. The molecule has 4 heterocycles. The normalized spacial score (nSPS) is 21.7. The van der Waals surface area contributed by atoms with Crippen LogP contribution in [0.3, 0.4) is 0 Å². The molecule has 0 saturated carbocycles. The van der Waals surface area contributed by atoms with E-state index in [1.165, 1.54) is 49.6 Å². The van der Waals surface area contributed by atoms with E-state index >= 15 is 0 Å². The number of anilines is 3. The summed E-state index contributed by atoms with van der Waals surface area (Å²) in [5.74, 6) is 0.890. The lowest BCUT2D eigenvalue weighted by atomic mass is 10.1. The topological polar surface area (TPSA) is 75.5 Å². The molecule has 0 bridgehead atoms. The van der Waals surface area contributed by atoms with Crippen molar-refractivity contribution < 1.29 is 9.53 Å². The first-order chi connectivity index (χ1) is 16.7. The summed E-state index contributed by atoms with van der Waals surface area (Å²) in [6.07, 6.45) is 8.55. The van der Waals surface area contributed by atoms with Crippen LogP contribution in [0.1, 0.15) is 51.9 Å². The predicted octanol–water partition coefficient (Wildman–Crippen LogP) is 4.17. The van der Waals surface area contributed by atoms with Gasteiger partial charge in [-0.15, -0.1) is 10.2 Å². The van der Waals surface area contributed by atoms with Crippen molar-refractivity contribution in [2.75, 3.05) is 47.9 Å². The highest BCUT2D eigenvalue weighted by Crippen LogP contribution is 2.30. The van der Waals surface area contributed by atoms with Crippen LogP contribution in [0.2, 0.25) is 0 Å². The summed E-state index contributed by atoms with van der Waals surface area (Å²) in [5, 5.41) is 12.6. The fraction of sp³-hybridized carbons (Fsp3) is 0.640. The molecule has 3 aliphatic rings. The molecule has 5 rings (SSSR count). The second kappa shape index (κ2) is 11.0. The summed E-state index contributed by atoms with van der Waals surface area (Å²) >= 11 is 1.47. The van der Waals surface area contributed by atoms with E-state index < -0.39 is 0 Å². The summed E-state index contributed by atoms with van der Waals surface area (Å²) in [6.45, 7) is 7.76. The zero-order chi connectivity index (χ0) is 23.3. The number of nitrogens with one attached hydrogen (secondary N) is 1. The van der Waals surface area contributed by atoms with Crippen LogP contribution in [-0.2, 0) is 16.1 Å². The zero-order valence-corrected chi connectivity index (χ0v) is 20.9. The number of amides is 1. The lowest BCUT2D eigenvalue weighted by Crippen LogP contribution is -2.29. The SMILES string of the molecule is C[C@H](Sc1nnc(N2CCCC2)n1C[C@@H]1CCCO1)C(=O)Nc1ccc(N2CCCCC2)cc1. The Morgan fingerprint density at radius 1 is 1.03 bits per heavy atom. The Labute approximate surface area is 206 Å². The van der Waals surface area contributed by atoms with Gasteiger partial charge in [-0.05, 0) is 76.1 Å². The lowest BCUT2D eigenvalue weighted by Gasteiger charge is -2.28. The van der Waals surface area contributed by atoms with E-state index in [1.54, 1.807) is 0 Å². The Morgan fingerprint density at radius 2 is 1.74 bits per heavy atom. The van der Waals surface area contributed by atoms with Gasteiger partial charge < -0.3 is 19.9 Å². The van der Waals surface area contributed by atoms with Gasteiger partial charge in [0.15, 0.2) is 5.16 Å². The molecule has 2 atom stereocenters. The van der Waals surface area contributed by atoms with Crippen molar-refractivity contribution in [3.8, 4) is 0 Å². The van der Waals surface area contributed by atoms with E-state index in [0.717, 1.165) is 69.0 Å². The Morgan fingerprint density at radius 3 is 2.44 bits per heavy atom. The van der Waals surface area contributed by atoms with Gasteiger partial charge in [0.05, 0.1) is 17.9 Å². The molecule has 184 valence electrons. The molecule has 0 aliphatic carbocycles. The number of carbonyl (C=O) groups is 1. The van der Waals surface area contributed by atoms with E-state index in [4.69, 9.17) is 4.74 Å². The number of aromatic nitrogens is 3. The number of hydrogen-bond acceptors (Lipinski definition) is 7. The monoisotopic (exact) mass is 484 g/mol. The maximum atomic E-state index is 13.0.